The minimum absolute atomic E-state index is 0.106. The Labute approximate surface area is 163 Å². The van der Waals surface area contributed by atoms with E-state index in [2.05, 4.69) is 40.5 Å². The van der Waals surface area contributed by atoms with Crippen LogP contribution in [-0.2, 0) is 7.05 Å². The van der Waals surface area contributed by atoms with Crippen molar-refractivity contribution in [2.75, 3.05) is 6.54 Å². The first kappa shape index (κ1) is 16.8. The van der Waals surface area contributed by atoms with Crippen molar-refractivity contribution in [1.29, 1.82) is 0 Å². The molecule has 0 unspecified atom stereocenters. The molecule has 2 aromatic heterocycles. The van der Waals surface area contributed by atoms with Crippen molar-refractivity contribution in [2.45, 2.75) is 18.9 Å². The van der Waals surface area contributed by atoms with Crippen molar-refractivity contribution in [3.63, 3.8) is 0 Å². The third-order valence-electron chi connectivity index (χ3n) is 5.79. The summed E-state index contributed by atoms with van der Waals surface area (Å²) < 4.78 is 2.02. The zero-order valence-electron chi connectivity index (χ0n) is 15.8. The Morgan fingerprint density at radius 3 is 2.75 bits per heavy atom. The van der Waals surface area contributed by atoms with Crippen LogP contribution in [0.25, 0.3) is 22.0 Å². The van der Waals surface area contributed by atoms with E-state index in [0.29, 0.717) is 0 Å². The number of hydrogen-bond acceptors (Lipinski definition) is 2. The minimum atomic E-state index is 0.106. The molecule has 0 bridgehead atoms. The van der Waals surface area contributed by atoms with Gasteiger partial charge < -0.3 is 9.47 Å². The molecule has 3 heterocycles. The van der Waals surface area contributed by atoms with Gasteiger partial charge in [0.2, 0.25) is 0 Å². The summed E-state index contributed by atoms with van der Waals surface area (Å²) in [5, 5.41) is 7.96. The first-order valence-electron chi connectivity index (χ1n) is 9.67. The zero-order valence-corrected chi connectivity index (χ0v) is 15.8. The van der Waals surface area contributed by atoms with Crippen LogP contribution in [-0.4, -0.2) is 32.1 Å². The summed E-state index contributed by atoms with van der Waals surface area (Å²) in [5.41, 5.74) is 5.14. The molecule has 4 aromatic rings. The molecule has 1 N–H and O–H groups in total. The minimum Gasteiger partial charge on any atom is -0.340 e. The molecule has 1 saturated heterocycles. The van der Waals surface area contributed by atoms with E-state index in [1.807, 2.05) is 53.2 Å². The molecule has 140 valence electrons. The fraction of sp³-hybridized carbons (Fsp3) is 0.217. The highest BCUT2D eigenvalue weighted by Crippen LogP contribution is 2.34. The maximum atomic E-state index is 13.4. The van der Waals surface area contributed by atoms with Gasteiger partial charge in [-0.15, -0.1) is 0 Å². The van der Waals surface area contributed by atoms with E-state index >= 15 is 0 Å². The summed E-state index contributed by atoms with van der Waals surface area (Å²) in [4.78, 5) is 15.5. The van der Waals surface area contributed by atoms with Gasteiger partial charge in [-0.1, -0.05) is 42.5 Å². The average Bonchev–Trinajstić information content (AvgIpc) is 3.48. The molecule has 0 spiro atoms. The lowest BCUT2D eigenvalue weighted by molar-refractivity contribution is 0.0726. The number of likely N-dealkylation sites (tertiary alicyclic amines) is 1. The number of amides is 1. The SMILES string of the molecule is Cn1c(C(=O)N2CCC[C@@H]2c2ccccc2)cc2ccc(-c3cn[nH]c3)cc21. The first-order chi connectivity index (χ1) is 13.7. The number of carbonyl (C=O) groups is 1. The lowest BCUT2D eigenvalue weighted by atomic mass is 10.0. The van der Waals surface area contributed by atoms with Crippen LogP contribution in [0.15, 0.2) is 67.0 Å². The molecular formula is C23H22N4O. The van der Waals surface area contributed by atoms with E-state index in [9.17, 15) is 4.79 Å². The number of aromatic amines is 1. The van der Waals surface area contributed by atoms with Crippen molar-refractivity contribution in [1.82, 2.24) is 19.7 Å². The van der Waals surface area contributed by atoms with E-state index in [4.69, 9.17) is 0 Å². The Hall–Kier alpha value is -3.34. The van der Waals surface area contributed by atoms with Crippen molar-refractivity contribution < 1.29 is 4.79 Å². The number of aryl methyl sites for hydroxylation is 1. The molecule has 1 aliphatic heterocycles. The third kappa shape index (κ3) is 2.71. The Bertz CT molecular complexity index is 1130. The number of nitrogens with zero attached hydrogens (tertiary/aromatic N) is 3. The Balaban J connectivity index is 1.52. The molecule has 1 fully saturated rings. The highest BCUT2D eigenvalue weighted by molar-refractivity contribution is 5.99. The summed E-state index contributed by atoms with van der Waals surface area (Å²) >= 11 is 0. The van der Waals surface area contributed by atoms with Crippen molar-refractivity contribution >= 4 is 16.8 Å². The molecule has 5 nitrogen and oxygen atoms in total. The van der Waals surface area contributed by atoms with Crippen LogP contribution in [0.4, 0.5) is 0 Å². The van der Waals surface area contributed by atoms with E-state index in [1.165, 1.54) is 5.56 Å². The quantitative estimate of drug-likeness (QED) is 0.575. The highest BCUT2D eigenvalue weighted by Gasteiger charge is 2.31. The van der Waals surface area contributed by atoms with Crippen LogP contribution < -0.4 is 0 Å². The second-order valence-electron chi connectivity index (χ2n) is 7.42. The van der Waals surface area contributed by atoms with Gasteiger partial charge in [0.15, 0.2) is 0 Å². The molecule has 0 aliphatic carbocycles. The predicted octanol–water partition coefficient (Wildman–Crippen LogP) is 4.55. The van der Waals surface area contributed by atoms with Gasteiger partial charge in [-0.2, -0.15) is 5.10 Å². The number of H-pyrrole nitrogens is 1. The monoisotopic (exact) mass is 370 g/mol. The smallest absolute Gasteiger partial charge is 0.271 e. The predicted molar refractivity (Wildman–Crippen MR) is 110 cm³/mol. The second kappa shape index (κ2) is 6.68. The van der Waals surface area contributed by atoms with E-state index in [0.717, 1.165) is 47.1 Å². The van der Waals surface area contributed by atoms with Gasteiger partial charge >= 0.3 is 0 Å². The van der Waals surface area contributed by atoms with Gasteiger partial charge in [-0.05, 0) is 36.1 Å². The molecule has 28 heavy (non-hydrogen) atoms. The fourth-order valence-corrected chi connectivity index (χ4v) is 4.30. The molecule has 5 heteroatoms. The highest BCUT2D eigenvalue weighted by atomic mass is 16.2. The maximum Gasteiger partial charge on any atom is 0.271 e. The number of nitrogens with one attached hydrogen (secondary N) is 1. The summed E-state index contributed by atoms with van der Waals surface area (Å²) in [6.07, 6.45) is 5.75. The Morgan fingerprint density at radius 2 is 1.96 bits per heavy atom. The first-order valence-corrected chi connectivity index (χ1v) is 9.67. The van der Waals surface area contributed by atoms with Crippen LogP contribution in [0, 0.1) is 0 Å². The zero-order chi connectivity index (χ0) is 19.1. The summed E-state index contributed by atoms with van der Waals surface area (Å²) in [6, 6.07) is 18.8. The van der Waals surface area contributed by atoms with Crippen LogP contribution in [0.5, 0.6) is 0 Å². The van der Waals surface area contributed by atoms with E-state index in [-0.39, 0.29) is 11.9 Å². The van der Waals surface area contributed by atoms with Crippen molar-refractivity contribution in [2.24, 2.45) is 7.05 Å². The van der Waals surface area contributed by atoms with Crippen LogP contribution in [0.1, 0.15) is 34.9 Å². The van der Waals surface area contributed by atoms with Gasteiger partial charge in [-0.25, -0.2) is 0 Å². The number of aromatic nitrogens is 3. The van der Waals surface area contributed by atoms with Gasteiger partial charge in [0.1, 0.15) is 5.69 Å². The summed E-state index contributed by atoms with van der Waals surface area (Å²) in [5.74, 6) is 0.106. The Morgan fingerprint density at radius 1 is 1.11 bits per heavy atom. The number of fused-ring (bicyclic) bond motifs is 1. The van der Waals surface area contributed by atoms with Gasteiger partial charge in [0.05, 0.1) is 12.2 Å². The van der Waals surface area contributed by atoms with Crippen LogP contribution in [0.3, 0.4) is 0 Å². The van der Waals surface area contributed by atoms with Crippen LogP contribution >= 0.6 is 0 Å². The molecular weight excluding hydrogens is 348 g/mol. The fourth-order valence-electron chi connectivity index (χ4n) is 4.30. The van der Waals surface area contributed by atoms with Gasteiger partial charge in [0.25, 0.3) is 5.91 Å². The second-order valence-corrected chi connectivity index (χ2v) is 7.42. The number of rotatable bonds is 3. The maximum absolute atomic E-state index is 13.4. The van der Waals surface area contributed by atoms with Crippen LogP contribution in [0.2, 0.25) is 0 Å². The normalized spacial score (nSPS) is 16.8. The lowest BCUT2D eigenvalue weighted by Crippen LogP contribution is -2.31. The molecule has 0 radical (unpaired) electrons. The molecule has 5 rings (SSSR count). The Kier molecular flexibility index (Phi) is 4.01. The molecule has 0 saturated carbocycles. The average molecular weight is 370 g/mol. The van der Waals surface area contributed by atoms with Gasteiger partial charge in [0, 0.05) is 36.3 Å². The largest absolute Gasteiger partial charge is 0.340 e. The molecule has 2 aromatic carbocycles. The van der Waals surface area contributed by atoms with Crippen molar-refractivity contribution in [3.05, 3.63) is 78.2 Å². The number of benzene rings is 2. The molecule has 1 atom stereocenters. The van der Waals surface area contributed by atoms with Gasteiger partial charge in [-0.3, -0.25) is 9.89 Å². The number of carbonyl (C=O) groups excluding carboxylic acids is 1. The summed E-state index contributed by atoms with van der Waals surface area (Å²) in [6.45, 7) is 0.806. The third-order valence-corrected chi connectivity index (χ3v) is 5.79. The molecule has 1 aliphatic rings. The summed E-state index contributed by atoms with van der Waals surface area (Å²) in [7, 11) is 1.97. The standard InChI is InChI=1S/C23H22N4O/c1-26-21-12-17(19-14-24-25-15-19)9-10-18(21)13-22(26)23(28)27-11-5-8-20(27)16-6-3-2-4-7-16/h2-4,6-7,9-10,12-15,20H,5,8,11H2,1H3,(H,24,25)/t20-/m1/s1. The van der Waals surface area contributed by atoms with Crippen molar-refractivity contribution in [3.8, 4) is 11.1 Å². The number of hydrogen-bond donors (Lipinski definition) is 1. The lowest BCUT2D eigenvalue weighted by Gasteiger charge is -2.25. The van der Waals surface area contributed by atoms with E-state index in [1.54, 1.807) is 0 Å². The molecule has 1 amide bonds. The topological polar surface area (TPSA) is 53.9 Å². The van der Waals surface area contributed by atoms with E-state index < -0.39 is 0 Å².